The summed E-state index contributed by atoms with van der Waals surface area (Å²) in [4.78, 5) is 50.0. The number of hydrogen-bond acceptors (Lipinski definition) is 5. The molecular weight excluding hydrogens is 602 g/mol. The minimum Gasteiger partial charge on any atom is -0.394 e. The summed E-state index contributed by atoms with van der Waals surface area (Å²) in [7, 11) is 0. The van der Waals surface area contributed by atoms with Gasteiger partial charge in [-0.25, -0.2) is 0 Å². The van der Waals surface area contributed by atoms with Crippen LogP contribution in [0.15, 0.2) is 98.1 Å². The van der Waals surface area contributed by atoms with Gasteiger partial charge in [-0.2, -0.15) is 0 Å². The highest BCUT2D eigenvalue weighted by molar-refractivity contribution is 6.07. The Kier molecular flexibility index (Phi) is 9.09. The highest BCUT2D eigenvalue weighted by atomic mass is 16.5. The van der Waals surface area contributed by atoms with E-state index in [2.05, 4.69) is 13.2 Å². The molecule has 3 aromatic carbocycles. The van der Waals surface area contributed by atoms with Crippen LogP contribution in [0, 0.1) is 23.7 Å². The Bertz CT molecular complexity index is 1730. The summed E-state index contributed by atoms with van der Waals surface area (Å²) in [6.07, 6.45) is 4.48. The standard InChI is InChI=1S/C40H47N3O5/c1-7-21-41(30-17-11-10-12-18-30)36(45)33-34-37(46)43(32(25-44)26(4)9-3)35(40(34)24-27(5)39(33,6)48-40)38(47)42(22-8-2)31-20-19-28-15-13-14-16-29(28)23-31/h7-8,10-20,23,26-27,32-35,44H,1-2,9,21-22,24-25H2,3-6H3/t26-,27?,32-,33+,34-,35?,39-,40?/m0/s1. The molecule has 0 aliphatic carbocycles. The number of carbonyl (C=O) groups is 3. The Morgan fingerprint density at radius 1 is 0.979 bits per heavy atom. The summed E-state index contributed by atoms with van der Waals surface area (Å²) < 4.78 is 7.07. The van der Waals surface area contributed by atoms with Gasteiger partial charge in [0, 0.05) is 24.5 Å². The van der Waals surface area contributed by atoms with Crippen LogP contribution in [-0.2, 0) is 19.1 Å². The zero-order valence-corrected chi connectivity index (χ0v) is 28.4. The van der Waals surface area contributed by atoms with Crippen LogP contribution in [0.25, 0.3) is 10.8 Å². The van der Waals surface area contributed by atoms with Crippen LogP contribution < -0.4 is 9.80 Å². The molecule has 252 valence electrons. The second-order valence-electron chi connectivity index (χ2n) is 13.9. The zero-order valence-electron chi connectivity index (χ0n) is 28.4. The number of anilines is 2. The Morgan fingerprint density at radius 2 is 1.60 bits per heavy atom. The third-order valence-electron chi connectivity index (χ3n) is 11.4. The number of carbonyl (C=O) groups excluding carboxylic acids is 3. The molecule has 3 fully saturated rings. The summed E-state index contributed by atoms with van der Waals surface area (Å²) in [5, 5.41) is 12.9. The predicted molar refractivity (Wildman–Crippen MR) is 189 cm³/mol. The van der Waals surface area contributed by atoms with E-state index in [4.69, 9.17) is 4.74 Å². The maximum atomic E-state index is 15.2. The van der Waals surface area contributed by atoms with Crippen LogP contribution in [0.1, 0.15) is 40.5 Å². The van der Waals surface area contributed by atoms with Crippen molar-refractivity contribution in [3.63, 3.8) is 0 Å². The highest BCUT2D eigenvalue weighted by Gasteiger charge is 2.80. The predicted octanol–water partition coefficient (Wildman–Crippen LogP) is 6.00. The Labute approximate surface area is 283 Å². The van der Waals surface area contributed by atoms with Gasteiger partial charge in [-0.1, -0.05) is 87.9 Å². The fourth-order valence-corrected chi connectivity index (χ4v) is 8.68. The maximum absolute atomic E-state index is 15.2. The highest BCUT2D eigenvalue weighted by Crippen LogP contribution is 2.66. The molecule has 1 N–H and O–H groups in total. The Balaban J connectivity index is 1.51. The average molecular weight is 650 g/mol. The smallest absolute Gasteiger partial charge is 0.253 e. The Hall–Kier alpha value is -4.27. The van der Waals surface area contributed by atoms with E-state index in [1.165, 1.54) is 0 Å². The molecule has 8 heteroatoms. The van der Waals surface area contributed by atoms with E-state index >= 15 is 9.59 Å². The van der Waals surface area contributed by atoms with Crippen molar-refractivity contribution in [2.75, 3.05) is 29.5 Å². The van der Waals surface area contributed by atoms with Gasteiger partial charge in [-0.05, 0) is 60.2 Å². The summed E-state index contributed by atoms with van der Waals surface area (Å²) in [6.45, 7) is 16.0. The first-order chi connectivity index (χ1) is 23.1. The van der Waals surface area contributed by atoms with Gasteiger partial charge in [0.25, 0.3) is 5.91 Å². The number of nitrogens with zero attached hydrogens (tertiary/aromatic N) is 3. The summed E-state index contributed by atoms with van der Waals surface area (Å²) in [6, 6.07) is 21.5. The van der Waals surface area contributed by atoms with Crippen molar-refractivity contribution in [2.45, 2.75) is 63.8 Å². The molecule has 48 heavy (non-hydrogen) atoms. The first kappa shape index (κ1) is 33.6. The second-order valence-corrected chi connectivity index (χ2v) is 13.9. The van der Waals surface area contributed by atoms with E-state index < -0.39 is 35.1 Å². The number of benzene rings is 3. The van der Waals surface area contributed by atoms with Gasteiger partial charge >= 0.3 is 0 Å². The van der Waals surface area contributed by atoms with E-state index in [1.54, 1.807) is 26.9 Å². The normalized spacial score (nSPS) is 28.6. The summed E-state index contributed by atoms with van der Waals surface area (Å²) in [5.41, 5.74) is -0.883. The van der Waals surface area contributed by atoms with Gasteiger partial charge in [-0.15, -0.1) is 13.2 Å². The molecule has 0 aromatic heterocycles. The van der Waals surface area contributed by atoms with E-state index in [0.717, 1.165) is 10.8 Å². The average Bonchev–Trinajstić information content (AvgIpc) is 3.62. The summed E-state index contributed by atoms with van der Waals surface area (Å²) in [5.74, 6) is -2.85. The molecule has 0 radical (unpaired) electrons. The Morgan fingerprint density at radius 3 is 2.23 bits per heavy atom. The van der Waals surface area contributed by atoms with E-state index in [1.807, 2.05) is 100 Å². The minimum atomic E-state index is -1.27. The largest absolute Gasteiger partial charge is 0.394 e. The minimum absolute atomic E-state index is 0.112. The second kappa shape index (κ2) is 13.0. The molecule has 3 aromatic rings. The molecule has 3 saturated heterocycles. The molecule has 8 nitrogen and oxygen atoms in total. The lowest BCUT2D eigenvalue weighted by atomic mass is 9.62. The van der Waals surface area contributed by atoms with Gasteiger partial charge in [0.2, 0.25) is 11.8 Å². The molecule has 3 unspecified atom stereocenters. The lowest BCUT2D eigenvalue weighted by molar-refractivity contribution is -0.150. The van der Waals surface area contributed by atoms with Crippen LogP contribution in [-0.4, -0.2) is 70.7 Å². The number of rotatable bonds is 12. The van der Waals surface area contributed by atoms with E-state index in [-0.39, 0.29) is 49.3 Å². The van der Waals surface area contributed by atoms with Crippen molar-refractivity contribution in [1.82, 2.24) is 4.90 Å². The monoisotopic (exact) mass is 649 g/mol. The van der Waals surface area contributed by atoms with Gasteiger partial charge in [0.05, 0.1) is 30.1 Å². The molecule has 3 amide bonds. The van der Waals surface area contributed by atoms with Gasteiger partial charge < -0.3 is 24.5 Å². The fourth-order valence-electron chi connectivity index (χ4n) is 8.68. The number of aliphatic hydroxyl groups excluding tert-OH is 1. The lowest BCUT2D eigenvalue weighted by Crippen LogP contribution is -2.60. The van der Waals surface area contributed by atoms with Crippen molar-refractivity contribution >= 4 is 39.9 Å². The number of fused-ring (bicyclic) bond motifs is 2. The van der Waals surface area contributed by atoms with Crippen molar-refractivity contribution < 1.29 is 24.2 Å². The molecule has 6 rings (SSSR count). The molecule has 3 heterocycles. The molecule has 2 bridgehead atoms. The number of hydrogen-bond donors (Lipinski definition) is 1. The number of likely N-dealkylation sites (tertiary alicyclic amines) is 1. The number of ether oxygens (including phenoxy) is 1. The van der Waals surface area contributed by atoms with Crippen molar-refractivity contribution in [3.8, 4) is 0 Å². The molecular formula is C40H47N3O5. The van der Waals surface area contributed by atoms with Crippen LogP contribution in [0.5, 0.6) is 0 Å². The number of aliphatic hydroxyl groups is 1. The molecule has 1 spiro atoms. The van der Waals surface area contributed by atoms with Crippen LogP contribution in [0.2, 0.25) is 0 Å². The first-order valence-electron chi connectivity index (χ1n) is 17.1. The van der Waals surface area contributed by atoms with Crippen molar-refractivity contribution in [2.24, 2.45) is 23.7 Å². The van der Waals surface area contributed by atoms with E-state index in [9.17, 15) is 9.90 Å². The van der Waals surface area contributed by atoms with E-state index in [0.29, 0.717) is 24.2 Å². The van der Waals surface area contributed by atoms with Gasteiger partial charge in [0.15, 0.2) is 0 Å². The van der Waals surface area contributed by atoms with Gasteiger partial charge in [-0.3, -0.25) is 14.4 Å². The SMILES string of the molecule is C=CCN(C(=O)C1N([C@@H](CO)[C@@H](C)CC)C(=O)[C@@H]2[C@H](C(=O)N(CC=C)c3ccccc3)[C@@]3(C)OC12CC3C)c1ccc2ccccc2c1. The molecule has 8 atom stereocenters. The van der Waals surface area contributed by atoms with Crippen LogP contribution >= 0.6 is 0 Å². The van der Waals surface area contributed by atoms with Crippen LogP contribution in [0.3, 0.4) is 0 Å². The third-order valence-corrected chi connectivity index (χ3v) is 11.4. The first-order valence-corrected chi connectivity index (χ1v) is 17.1. The maximum Gasteiger partial charge on any atom is 0.253 e. The zero-order chi connectivity index (χ0) is 34.4. The van der Waals surface area contributed by atoms with Crippen molar-refractivity contribution in [3.05, 3.63) is 98.1 Å². The number of amides is 3. The lowest BCUT2D eigenvalue weighted by Gasteiger charge is -2.41. The van der Waals surface area contributed by atoms with Crippen molar-refractivity contribution in [1.29, 1.82) is 0 Å². The molecule has 3 aliphatic rings. The van der Waals surface area contributed by atoms with Crippen LogP contribution in [0.4, 0.5) is 11.4 Å². The molecule has 3 aliphatic heterocycles. The fraction of sp³-hybridized carbons (Fsp3) is 0.425. The quantitative estimate of drug-likeness (QED) is 0.243. The van der Waals surface area contributed by atoms with Gasteiger partial charge in [0.1, 0.15) is 11.6 Å². The topological polar surface area (TPSA) is 90.4 Å². The summed E-state index contributed by atoms with van der Waals surface area (Å²) >= 11 is 0. The number of para-hydroxylation sites is 1. The third kappa shape index (κ3) is 5.08. The molecule has 0 saturated carbocycles.